The van der Waals surface area contributed by atoms with Gasteiger partial charge in [0.1, 0.15) is 11.5 Å². The summed E-state index contributed by atoms with van der Waals surface area (Å²) in [7, 11) is 1.56. The zero-order chi connectivity index (χ0) is 18.9. The number of anilines is 1. The third-order valence-corrected chi connectivity index (χ3v) is 4.21. The van der Waals surface area contributed by atoms with Crippen LogP contribution in [0.25, 0.3) is 0 Å². The van der Waals surface area contributed by atoms with E-state index in [1.54, 1.807) is 24.1 Å². The number of rotatable bonds is 9. The topological polar surface area (TPSA) is 64.8 Å². The number of hydrogen-bond acceptors (Lipinski definition) is 4. The Morgan fingerprint density at radius 1 is 1.19 bits per heavy atom. The molecule has 0 aliphatic heterocycles. The lowest BCUT2D eigenvalue weighted by molar-refractivity contribution is -0.118. The minimum Gasteiger partial charge on any atom is -0.495 e. The molecule has 140 valence electrons. The van der Waals surface area contributed by atoms with Gasteiger partial charge in [-0.2, -0.15) is 0 Å². The summed E-state index contributed by atoms with van der Waals surface area (Å²) in [6, 6.07) is 13.1. The normalized spacial score (nSPS) is 10.5. The Hall–Kier alpha value is -2.24. The summed E-state index contributed by atoms with van der Waals surface area (Å²) in [5.41, 5.74) is 7.28. The van der Waals surface area contributed by atoms with E-state index in [9.17, 15) is 4.79 Å². The quantitative estimate of drug-likeness (QED) is 0.717. The highest BCUT2D eigenvalue weighted by molar-refractivity contribution is 6.32. The lowest BCUT2D eigenvalue weighted by Gasteiger charge is -2.24. The van der Waals surface area contributed by atoms with Gasteiger partial charge in [0.25, 0.3) is 0 Å². The third kappa shape index (κ3) is 5.38. The number of nitrogens with zero attached hydrogens (tertiary/aromatic N) is 1. The number of ether oxygens (including phenoxy) is 2. The molecular formula is C20H25ClN2O3. The fraction of sp³-hybridized carbons (Fsp3) is 0.350. The minimum atomic E-state index is 0.00516. The van der Waals surface area contributed by atoms with E-state index in [1.807, 2.05) is 37.3 Å². The van der Waals surface area contributed by atoms with Crippen LogP contribution in [0.2, 0.25) is 5.02 Å². The van der Waals surface area contributed by atoms with Gasteiger partial charge in [-0.1, -0.05) is 23.7 Å². The molecule has 0 radical (unpaired) electrons. The van der Waals surface area contributed by atoms with E-state index in [1.165, 1.54) is 0 Å². The SMILES string of the molecule is CCOc1ccc(CN(C(=O)CCCN)c2ccc(OC)c(Cl)c2)cc1. The molecule has 6 heteroatoms. The first-order valence-corrected chi connectivity index (χ1v) is 9.02. The second-order valence-corrected chi connectivity index (χ2v) is 6.18. The molecule has 2 rings (SSSR count). The highest BCUT2D eigenvalue weighted by Crippen LogP contribution is 2.30. The number of halogens is 1. The summed E-state index contributed by atoms with van der Waals surface area (Å²) in [5, 5.41) is 0.466. The van der Waals surface area contributed by atoms with Crippen LogP contribution in [0.5, 0.6) is 11.5 Å². The first-order chi connectivity index (χ1) is 12.6. The van der Waals surface area contributed by atoms with Gasteiger partial charge in [0.15, 0.2) is 0 Å². The zero-order valence-corrected chi connectivity index (χ0v) is 16.0. The van der Waals surface area contributed by atoms with Crippen LogP contribution in [0.4, 0.5) is 5.69 Å². The summed E-state index contributed by atoms with van der Waals surface area (Å²) in [5.74, 6) is 1.39. The summed E-state index contributed by atoms with van der Waals surface area (Å²) in [4.78, 5) is 14.4. The van der Waals surface area contributed by atoms with Crippen LogP contribution in [0.15, 0.2) is 42.5 Å². The van der Waals surface area contributed by atoms with Gasteiger partial charge in [-0.25, -0.2) is 0 Å². The van der Waals surface area contributed by atoms with Crippen molar-refractivity contribution in [3.8, 4) is 11.5 Å². The second kappa shape index (κ2) is 10.0. The minimum absolute atomic E-state index is 0.00516. The molecule has 2 aromatic rings. The Morgan fingerprint density at radius 2 is 1.92 bits per heavy atom. The highest BCUT2D eigenvalue weighted by atomic mass is 35.5. The average molecular weight is 377 g/mol. The standard InChI is InChI=1S/C20H25ClN2O3/c1-3-26-17-9-6-15(7-10-17)14-23(20(24)5-4-12-22)16-8-11-19(25-2)18(21)13-16/h6-11,13H,3-5,12,14,22H2,1-2H3. The van der Waals surface area contributed by atoms with Gasteiger partial charge in [0.2, 0.25) is 5.91 Å². The molecule has 0 atom stereocenters. The van der Waals surface area contributed by atoms with Gasteiger partial charge in [0.05, 0.1) is 25.3 Å². The molecule has 0 saturated carbocycles. The Balaban J connectivity index is 2.25. The molecule has 5 nitrogen and oxygen atoms in total. The Morgan fingerprint density at radius 3 is 2.50 bits per heavy atom. The predicted molar refractivity (Wildman–Crippen MR) is 105 cm³/mol. The number of carbonyl (C=O) groups is 1. The van der Waals surface area contributed by atoms with Crippen molar-refractivity contribution in [2.24, 2.45) is 5.73 Å². The van der Waals surface area contributed by atoms with Crippen LogP contribution >= 0.6 is 11.6 Å². The van der Waals surface area contributed by atoms with Gasteiger partial charge in [-0.15, -0.1) is 0 Å². The van der Waals surface area contributed by atoms with Crippen molar-refractivity contribution in [1.29, 1.82) is 0 Å². The predicted octanol–water partition coefficient (Wildman–Crippen LogP) is 4.02. The van der Waals surface area contributed by atoms with Gasteiger partial charge in [0, 0.05) is 12.1 Å². The lowest BCUT2D eigenvalue weighted by atomic mass is 10.1. The van der Waals surface area contributed by atoms with E-state index in [4.69, 9.17) is 26.8 Å². The van der Waals surface area contributed by atoms with E-state index >= 15 is 0 Å². The molecule has 0 aliphatic rings. The molecule has 1 amide bonds. The maximum atomic E-state index is 12.7. The molecule has 0 spiro atoms. The van der Waals surface area contributed by atoms with Crippen molar-refractivity contribution >= 4 is 23.2 Å². The van der Waals surface area contributed by atoms with Gasteiger partial charge in [-0.3, -0.25) is 4.79 Å². The number of nitrogens with two attached hydrogens (primary N) is 1. The fourth-order valence-corrected chi connectivity index (χ4v) is 2.83. The molecule has 26 heavy (non-hydrogen) atoms. The molecule has 0 heterocycles. The zero-order valence-electron chi connectivity index (χ0n) is 15.2. The van der Waals surface area contributed by atoms with Crippen LogP contribution in [0, 0.1) is 0 Å². The Kier molecular flexibility index (Phi) is 7.75. The van der Waals surface area contributed by atoms with E-state index < -0.39 is 0 Å². The number of hydrogen-bond donors (Lipinski definition) is 1. The van der Waals surface area contributed by atoms with Gasteiger partial charge >= 0.3 is 0 Å². The first kappa shape index (κ1) is 20.1. The van der Waals surface area contributed by atoms with Crippen LogP contribution in [-0.2, 0) is 11.3 Å². The van der Waals surface area contributed by atoms with E-state index in [-0.39, 0.29) is 5.91 Å². The van der Waals surface area contributed by atoms with Crippen molar-refractivity contribution in [3.63, 3.8) is 0 Å². The molecule has 2 N–H and O–H groups in total. The Labute approximate surface area is 159 Å². The first-order valence-electron chi connectivity index (χ1n) is 8.64. The fourth-order valence-electron chi connectivity index (χ4n) is 2.58. The maximum Gasteiger partial charge on any atom is 0.227 e. The van der Waals surface area contributed by atoms with Crippen LogP contribution in [0.3, 0.4) is 0 Å². The molecule has 0 saturated heterocycles. The van der Waals surface area contributed by atoms with E-state index in [0.29, 0.717) is 43.3 Å². The summed E-state index contributed by atoms with van der Waals surface area (Å²) < 4.78 is 10.7. The molecule has 0 aliphatic carbocycles. The van der Waals surface area contributed by atoms with Crippen molar-refractivity contribution in [3.05, 3.63) is 53.1 Å². The molecule has 0 fully saturated rings. The van der Waals surface area contributed by atoms with Crippen LogP contribution < -0.4 is 20.1 Å². The molecular weight excluding hydrogens is 352 g/mol. The van der Waals surface area contributed by atoms with Gasteiger partial charge in [-0.05, 0) is 55.8 Å². The monoisotopic (exact) mass is 376 g/mol. The van der Waals surface area contributed by atoms with Crippen molar-refractivity contribution in [1.82, 2.24) is 0 Å². The Bertz CT molecular complexity index is 719. The number of methoxy groups -OCH3 is 1. The van der Waals surface area contributed by atoms with Gasteiger partial charge < -0.3 is 20.1 Å². The molecule has 0 bridgehead atoms. The smallest absolute Gasteiger partial charge is 0.227 e. The molecule has 0 unspecified atom stereocenters. The van der Waals surface area contributed by atoms with E-state index in [0.717, 1.165) is 17.0 Å². The molecule has 2 aromatic carbocycles. The van der Waals surface area contributed by atoms with Crippen molar-refractivity contribution < 1.29 is 14.3 Å². The summed E-state index contributed by atoms with van der Waals surface area (Å²) in [6.07, 6.45) is 1.03. The highest BCUT2D eigenvalue weighted by Gasteiger charge is 2.17. The number of benzene rings is 2. The largest absolute Gasteiger partial charge is 0.495 e. The molecule has 0 aromatic heterocycles. The lowest BCUT2D eigenvalue weighted by Crippen LogP contribution is -2.30. The maximum absolute atomic E-state index is 12.7. The third-order valence-electron chi connectivity index (χ3n) is 3.92. The van der Waals surface area contributed by atoms with E-state index in [2.05, 4.69) is 0 Å². The summed E-state index contributed by atoms with van der Waals surface area (Å²) >= 11 is 6.24. The van der Waals surface area contributed by atoms with Crippen molar-refractivity contribution in [2.45, 2.75) is 26.3 Å². The summed E-state index contributed by atoms with van der Waals surface area (Å²) in [6.45, 7) is 3.48. The van der Waals surface area contributed by atoms with Crippen LogP contribution in [0.1, 0.15) is 25.3 Å². The number of carbonyl (C=O) groups excluding carboxylic acids is 1. The van der Waals surface area contributed by atoms with Crippen molar-refractivity contribution in [2.75, 3.05) is 25.2 Å². The second-order valence-electron chi connectivity index (χ2n) is 5.77. The van der Waals surface area contributed by atoms with Crippen LogP contribution in [-0.4, -0.2) is 26.2 Å². The average Bonchev–Trinajstić information content (AvgIpc) is 2.65. The number of amides is 1.